The lowest BCUT2D eigenvalue weighted by Crippen LogP contribution is -2.15. The molecule has 2 aromatic heterocycles. The summed E-state index contributed by atoms with van der Waals surface area (Å²) in [4.78, 5) is 0. The van der Waals surface area contributed by atoms with E-state index in [1.807, 2.05) is 19.9 Å². The molecule has 9 aromatic rings. The van der Waals surface area contributed by atoms with Gasteiger partial charge in [-0.15, -0.1) is 0 Å². The van der Waals surface area contributed by atoms with Crippen molar-refractivity contribution in [3.05, 3.63) is 186 Å². The Bertz CT molecular complexity index is 2700. The molecule has 53 heavy (non-hydrogen) atoms. The van der Waals surface area contributed by atoms with Gasteiger partial charge in [0.15, 0.2) is 0 Å². The molecule has 0 atom stereocenters. The van der Waals surface area contributed by atoms with Gasteiger partial charge in [-0.25, -0.2) is 0 Å². The maximum atomic E-state index is 6.26. The molecule has 7 aromatic carbocycles. The van der Waals surface area contributed by atoms with Crippen LogP contribution in [0.5, 0.6) is 0 Å². The van der Waals surface area contributed by atoms with Crippen LogP contribution in [0.15, 0.2) is 173 Å². The number of hydrazone groups is 1. The lowest BCUT2D eigenvalue weighted by Gasteiger charge is -2.21. The van der Waals surface area contributed by atoms with E-state index in [1.54, 1.807) is 0 Å². The van der Waals surface area contributed by atoms with Crippen molar-refractivity contribution in [3.63, 3.8) is 0 Å². The average Bonchev–Trinajstić information content (AvgIpc) is 3.80. The monoisotopic (exact) mass is 689 g/mol. The summed E-state index contributed by atoms with van der Waals surface area (Å²) in [6, 6.07) is 58.3. The number of nitrogens with zero attached hydrogens (tertiary/aromatic N) is 2. The summed E-state index contributed by atoms with van der Waals surface area (Å²) in [6.07, 6.45) is 1.03. The molecule has 2 N–H and O–H groups in total. The van der Waals surface area contributed by atoms with Crippen molar-refractivity contribution in [3.8, 4) is 16.8 Å². The molecule has 1 aliphatic carbocycles. The van der Waals surface area contributed by atoms with Crippen molar-refractivity contribution < 1.29 is 4.42 Å². The third kappa shape index (κ3) is 6.27. The molecule has 260 valence electrons. The zero-order chi connectivity index (χ0) is 36.5. The molecule has 0 unspecified atom stereocenters. The van der Waals surface area contributed by atoms with Crippen molar-refractivity contribution in [1.29, 1.82) is 0 Å². The van der Waals surface area contributed by atoms with Crippen LogP contribution >= 0.6 is 0 Å². The lowest BCUT2D eigenvalue weighted by atomic mass is 9.82. The molecule has 4 heteroatoms. The van der Waals surface area contributed by atoms with Gasteiger partial charge < -0.3 is 14.8 Å². The molecule has 0 bridgehead atoms. The SMILES string of the molecule is CC(C)=NN.CC1(C)c2cc3oc4ccccc4c3cc2-c2cc3c4ccccc4n(-c4ccccc4)c3cc21.c1ccc(Cc2ccccc2)cc1. The average molecular weight is 690 g/mol. The number of nitrogens with two attached hydrogens (primary N) is 1. The Hall–Kier alpha value is -6.39. The Labute approximate surface area is 310 Å². The third-order valence-corrected chi connectivity index (χ3v) is 10.3. The van der Waals surface area contributed by atoms with Crippen LogP contribution in [0.4, 0.5) is 0 Å². The molecular weight excluding hydrogens is 647 g/mol. The molecule has 10 rings (SSSR count). The van der Waals surface area contributed by atoms with Crippen LogP contribution in [0.2, 0.25) is 0 Å². The first-order valence-corrected chi connectivity index (χ1v) is 18.2. The van der Waals surface area contributed by atoms with Gasteiger partial charge in [-0.1, -0.05) is 129 Å². The van der Waals surface area contributed by atoms with Crippen LogP contribution in [0, 0.1) is 0 Å². The second-order valence-electron chi connectivity index (χ2n) is 14.4. The number of benzene rings is 7. The Morgan fingerprint density at radius 1 is 0.547 bits per heavy atom. The smallest absolute Gasteiger partial charge is 0.135 e. The Kier molecular flexibility index (Phi) is 8.89. The number of hydrogen-bond acceptors (Lipinski definition) is 3. The Balaban J connectivity index is 0.000000184. The van der Waals surface area contributed by atoms with Gasteiger partial charge in [-0.05, 0) is 102 Å². The van der Waals surface area contributed by atoms with Crippen molar-refractivity contribution >= 4 is 49.5 Å². The van der Waals surface area contributed by atoms with E-state index < -0.39 is 0 Å². The minimum atomic E-state index is -0.121. The fourth-order valence-corrected chi connectivity index (χ4v) is 7.69. The standard InChI is InChI=1S/C33H23NO.C13H12.C3H8N2/c1-33(2)27-18-30-25(21-12-6-8-14-29(21)34(30)20-10-4-3-5-11-20)16-23(27)24-17-26-22-13-7-9-15-31(22)35-32(26)19-28(24)33;1-3-7-12(8-4-1)11-13-9-5-2-6-10-13;1-3(2)5-4/h3-19H,1-2H3;1-10H,11H2;4H2,1-2H3. The van der Waals surface area contributed by atoms with Crippen LogP contribution < -0.4 is 5.84 Å². The van der Waals surface area contributed by atoms with Crippen LogP contribution in [-0.4, -0.2) is 10.3 Å². The second kappa shape index (κ2) is 14.0. The van der Waals surface area contributed by atoms with E-state index in [1.165, 1.54) is 71.6 Å². The summed E-state index contributed by atoms with van der Waals surface area (Å²) in [7, 11) is 0. The lowest BCUT2D eigenvalue weighted by molar-refractivity contribution is 0.647. The van der Waals surface area contributed by atoms with Gasteiger partial charge >= 0.3 is 0 Å². The van der Waals surface area contributed by atoms with Gasteiger partial charge in [-0.2, -0.15) is 5.10 Å². The molecule has 4 nitrogen and oxygen atoms in total. The highest BCUT2D eigenvalue weighted by molar-refractivity contribution is 6.13. The van der Waals surface area contributed by atoms with Crippen LogP contribution in [0.1, 0.15) is 49.9 Å². The second-order valence-corrected chi connectivity index (χ2v) is 14.4. The maximum absolute atomic E-state index is 6.26. The first-order valence-electron chi connectivity index (χ1n) is 18.2. The number of hydrogen-bond donors (Lipinski definition) is 1. The first kappa shape index (κ1) is 33.7. The third-order valence-electron chi connectivity index (χ3n) is 10.3. The van der Waals surface area contributed by atoms with E-state index >= 15 is 0 Å². The largest absolute Gasteiger partial charge is 0.456 e. The summed E-state index contributed by atoms with van der Waals surface area (Å²) in [5.41, 5.74) is 14.5. The fourth-order valence-electron chi connectivity index (χ4n) is 7.69. The minimum absolute atomic E-state index is 0.121. The van der Waals surface area contributed by atoms with Crippen molar-refractivity contribution in [2.24, 2.45) is 10.9 Å². The molecule has 0 fully saturated rings. The van der Waals surface area contributed by atoms with Gasteiger partial charge in [0.2, 0.25) is 0 Å². The van der Waals surface area contributed by atoms with Gasteiger partial charge in [0, 0.05) is 38.4 Å². The molecule has 0 amide bonds. The summed E-state index contributed by atoms with van der Waals surface area (Å²) in [5.74, 6) is 4.76. The summed E-state index contributed by atoms with van der Waals surface area (Å²) >= 11 is 0. The first-order chi connectivity index (χ1) is 25.8. The van der Waals surface area contributed by atoms with Crippen LogP contribution in [-0.2, 0) is 11.8 Å². The van der Waals surface area contributed by atoms with Crippen LogP contribution in [0.25, 0.3) is 60.6 Å². The van der Waals surface area contributed by atoms with Gasteiger partial charge in [0.1, 0.15) is 11.2 Å². The fraction of sp³-hybridized carbons (Fsp3) is 0.122. The predicted molar refractivity (Wildman–Crippen MR) is 224 cm³/mol. The molecule has 0 saturated carbocycles. The summed E-state index contributed by atoms with van der Waals surface area (Å²) < 4.78 is 8.67. The van der Waals surface area contributed by atoms with E-state index in [9.17, 15) is 0 Å². The molecule has 0 radical (unpaired) electrons. The van der Waals surface area contributed by atoms with Gasteiger partial charge in [0.05, 0.1) is 11.0 Å². The molecule has 1 aliphatic rings. The summed E-state index contributed by atoms with van der Waals surface area (Å²) in [6.45, 7) is 8.38. The van der Waals surface area contributed by atoms with E-state index in [4.69, 9.17) is 10.3 Å². The number of aromatic nitrogens is 1. The highest BCUT2D eigenvalue weighted by Crippen LogP contribution is 2.52. The van der Waals surface area contributed by atoms with Crippen molar-refractivity contribution in [2.75, 3.05) is 0 Å². The van der Waals surface area contributed by atoms with E-state index in [-0.39, 0.29) is 5.41 Å². The predicted octanol–water partition coefficient (Wildman–Crippen LogP) is 12.6. The maximum Gasteiger partial charge on any atom is 0.135 e. The minimum Gasteiger partial charge on any atom is -0.456 e. The molecule has 2 heterocycles. The molecule has 0 aliphatic heterocycles. The topological polar surface area (TPSA) is 56.4 Å². The van der Waals surface area contributed by atoms with Gasteiger partial charge in [0.25, 0.3) is 0 Å². The van der Waals surface area contributed by atoms with E-state index in [0.717, 1.165) is 23.3 Å². The number of rotatable bonds is 3. The van der Waals surface area contributed by atoms with Crippen LogP contribution in [0.3, 0.4) is 0 Å². The highest BCUT2D eigenvalue weighted by atomic mass is 16.3. The molecule has 0 saturated heterocycles. The number of fused-ring (bicyclic) bond motifs is 9. The highest BCUT2D eigenvalue weighted by Gasteiger charge is 2.37. The van der Waals surface area contributed by atoms with E-state index in [0.29, 0.717) is 0 Å². The normalized spacial score (nSPS) is 12.5. The number of furan rings is 1. The molecule has 0 spiro atoms. The summed E-state index contributed by atoms with van der Waals surface area (Å²) in [5, 5.41) is 8.26. The number of para-hydroxylation sites is 3. The Morgan fingerprint density at radius 3 is 1.68 bits per heavy atom. The van der Waals surface area contributed by atoms with Crippen molar-refractivity contribution in [2.45, 2.75) is 39.5 Å². The van der Waals surface area contributed by atoms with Crippen molar-refractivity contribution in [1.82, 2.24) is 4.57 Å². The zero-order valence-corrected chi connectivity index (χ0v) is 30.7. The van der Waals surface area contributed by atoms with E-state index in [2.05, 4.69) is 181 Å². The van der Waals surface area contributed by atoms with Gasteiger partial charge in [-0.3, -0.25) is 0 Å². The zero-order valence-electron chi connectivity index (χ0n) is 30.7. The molecular formula is C49H43N3O. The quantitative estimate of drug-likeness (QED) is 0.114. The Morgan fingerprint density at radius 2 is 1.06 bits per heavy atom.